The van der Waals surface area contributed by atoms with Gasteiger partial charge in [-0.2, -0.15) is 5.26 Å². The van der Waals surface area contributed by atoms with Crippen molar-refractivity contribution in [2.45, 2.75) is 31.7 Å². The van der Waals surface area contributed by atoms with Crippen LogP contribution in [0, 0.1) is 11.3 Å². The largest absolute Gasteiger partial charge is 0.366 e. The predicted molar refractivity (Wildman–Crippen MR) is 54.8 cm³/mol. The van der Waals surface area contributed by atoms with Crippen LogP contribution in [-0.4, -0.2) is 11.0 Å². The van der Waals surface area contributed by atoms with Crippen LogP contribution in [0.1, 0.15) is 31.2 Å². The predicted octanol–water partition coefficient (Wildman–Crippen LogP) is 2.31. The third-order valence-electron chi connectivity index (χ3n) is 2.62. The molecule has 0 aliphatic heterocycles. The van der Waals surface area contributed by atoms with E-state index in [0.717, 1.165) is 5.82 Å². The third-order valence-corrected chi connectivity index (χ3v) is 2.62. The third kappa shape index (κ3) is 1.85. The summed E-state index contributed by atoms with van der Waals surface area (Å²) >= 11 is 0. The van der Waals surface area contributed by atoms with Gasteiger partial charge in [0.05, 0.1) is 5.56 Å². The fourth-order valence-electron chi connectivity index (χ4n) is 1.87. The summed E-state index contributed by atoms with van der Waals surface area (Å²) in [5, 5.41) is 12.2. The Kier molecular flexibility index (Phi) is 2.64. The molecule has 0 amide bonds. The molecule has 1 aromatic rings. The van der Waals surface area contributed by atoms with E-state index in [9.17, 15) is 0 Å². The van der Waals surface area contributed by atoms with Crippen molar-refractivity contribution in [3.8, 4) is 6.07 Å². The average Bonchev–Trinajstić information content (AvgIpc) is 2.71. The van der Waals surface area contributed by atoms with E-state index >= 15 is 0 Å². The molecule has 0 aromatic carbocycles. The number of nitrogens with zero attached hydrogens (tertiary/aromatic N) is 2. The summed E-state index contributed by atoms with van der Waals surface area (Å²) < 4.78 is 0. The second-order valence-electron chi connectivity index (χ2n) is 3.64. The van der Waals surface area contributed by atoms with Crippen molar-refractivity contribution >= 4 is 5.82 Å². The van der Waals surface area contributed by atoms with Gasteiger partial charge in [0.25, 0.3) is 0 Å². The molecule has 1 fully saturated rings. The van der Waals surface area contributed by atoms with Crippen molar-refractivity contribution < 1.29 is 0 Å². The highest BCUT2D eigenvalue weighted by Gasteiger charge is 2.16. The van der Waals surface area contributed by atoms with Crippen molar-refractivity contribution in [3.05, 3.63) is 23.9 Å². The lowest BCUT2D eigenvalue weighted by atomic mass is 10.2. The Labute approximate surface area is 83.8 Å². The average molecular weight is 187 g/mol. The first-order valence-corrected chi connectivity index (χ1v) is 5.02. The van der Waals surface area contributed by atoms with Gasteiger partial charge in [0.1, 0.15) is 11.9 Å². The van der Waals surface area contributed by atoms with Crippen molar-refractivity contribution in [1.29, 1.82) is 5.26 Å². The number of nitriles is 1. The molecule has 1 saturated carbocycles. The lowest BCUT2D eigenvalue weighted by Gasteiger charge is -2.12. The molecule has 1 heterocycles. The number of rotatable bonds is 2. The molecule has 72 valence electrons. The summed E-state index contributed by atoms with van der Waals surface area (Å²) in [7, 11) is 0. The Morgan fingerprint density at radius 3 is 2.93 bits per heavy atom. The zero-order valence-corrected chi connectivity index (χ0v) is 8.03. The fraction of sp³-hybridized carbons (Fsp3) is 0.455. The van der Waals surface area contributed by atoms with E-state index < -0.39 is 0 Å². The molecule has 0 unspecified atom stereocenters. The Hall–Kier alpha value is -1.56. The Balaban J connectivity index is 2.11. The molecule has 0 radical (unpaired) electrons. The molecule has 1 aromatic heterocycles. The molecular weight excluding hydrogens is 174 g/mol. The number of nitrogens with one attached hydrogen (secondary N) is 1. The summed E-state index contributed by atoms with van der Waals surface area (Å²) in [5.41, 5.74) is 0.638. The molecule has 0 atom stereocenters. The normalized spacial score (nSPS) is 16.5. The van der Waals surface area contributed by atoms with Gasteiger partial charge in [0.2, 0.25) is 0 Å². The summed E-state index contributed by atoms with van der Waals surface area (Å²) in [5.74, 6) is 0.738. The maximum absolute atomic E-state index is 8.86. The molecular formula is C11H13N3. The number of hydrogen-bond acceptors (Lipinski definition) is 3. The summed E-state index contributed by atoms with van der Waals surface area (Å²) in [6.45, 7) is 0. The number of aromatic nitrogens is 1. The van der Waals surface area contributed by atoms with Gasteiger partial charge < -0.3 is 5.32 Å². The van der Waals surface area contributed by atoms with Gasteiger partial charge in [-0.3, -0.25) is 0 Å². The molecule has 0 saturated heterocycles. The summed E-state index contributed by atoms with van der Waals surface area (Å²) in [6, 6.07) is 6.24. The molecule has 0 bridgehead atoms. The molecule has 14 heavy (non-hydrogen) atoms. The van der Waals surface area contributed by atoms with Crippen LogP contribution < -0.4 is 5.32 Å². The highest BCUT2D eigenvalue weighted by Crippen LogP contribution is 2.22. The van der Waals surface area contributed by atoms with E-state index in [1.807, 2.05) is 0 Å². The van der Waals surface area contributed by atoms with E-state index in [1.54, 1.807) is 18.3 Å². The molecule has 3 heteroatoms. The van der Waals surface area contributed by atoms with Crippen LogP contribution in [0.4, 0.5) is 5.82 Å². The van der Waals surface area contributed by atoms with E-state index in [2.05, 4.69) is 16.4 Å². The number of hydrogen-bond donors (Lipinski definition) is 1. The van der Waals surface area contributed by atoms with Crippen LogP contribution in [0.5, 0.6) is 0 Å². The first kappa shape index (κ1) is 9.01. The van der Waals surface area contributed by atoms with Crippen molar-refractivity contribution in [3.63, 3.8) is 0 Å². The van der Waals surface area contributed by atoms with E-state index in [4.69, 9.17) is 5.26 Å². The van der Waals surface area contributed by atoms with Gasteiger partial charge >= 0.3 is 0 Å². The molecule has 1 aliphatic carbocycles. The molecule has 3 nitrogen and oxygen atoms in total. The molecule has 0 spiro atoms. The minimum absolute atomic E-state index is 0.511. The van der Waals surface area contributed by atoms with Crippen LogP contribution >= 0.6 is 0 Å². The van der Waals surface area contributed by atoms with Crippen molar-refractivity contribution in [2.24, 2.45) is 0 Å². The Morgan fingerprint density at radius 2 is 2.21 bits per heavy atom. The molecule has 1 N–H and O–H groups in total. The zero-order valence-electron chi connectivity index (χ0n) is 8.03. The summed E-state index contributed by atoms with van der Waals surface area (Å²) in [4.78, 5) is 4.18. The van der Waals surface area contributed by atoms with Gasteiger partial charge in [-0.1, -0.05) is 12.8 Å². The lowest BCUT2D eigenvalue weighted by Crippen LogP contribution is -2.16. The second kappa shape index (κ2) is 4.10. The maximum atomic E-state index is 8.86. The van der Waals surface area contributed by atoms with Crippen LogP contribution in [-0.2, 0) is 0 Å². The van der Waals surface area contributed by atoms with Crippen LogP contribution in [0.25, 0.3) is 0 Å². The van der Waals surface area contributed by atoms with Crippen LogP contribution in [0.3, 0.4) is 0 Å². The van der Waals surface area contributed by atoms with Gasteiger partial charge in [-0.25, -0.2) is 4.98 Å². The van der Waals surface area contributed by atoms with Crippen LogP contribution in [0.15, 0.2) is 18.3 Å². The fourth-order valence-corrected chi connectivity index (χ4v) is 1.87. The second-order valence-corrected chi connectivity index (χ2v) is 3.64. The van der Waals surface area contributed by atoms with Crippen LogP contribution in [0.2, 0.25) is 0 Å². The van der Waals surface area contributed by atoms with Crippen molar-refractivity contribution in [1.82, 2.24) is 4.98 Å². The topological polar surface area (TPSA) is 48.7 Å². The van der Waals surface area contributed by atoms with Gasteiger partial charge in [0, 0.05) is 12.2 Å². The number of anilines is 1. The number of pyridine rings is 1. The van der Waals surface area contributed by atoms with E-state index in [-0.39, 0.29) is 0 Å². The van der Waals surface area contributed by atoms with E-state index in [0.29, 0.717) is 11.6 Å². The highest BCUT2D eigenvalue weighted by molar-refractivity contribution is 5.51. The first-order valence-electron chi connectivity index (χ1n) is 5.02. The first-order chi connectivity index (χ1) is 6.90. The maximum Gasteiger partial charge on any atom is 0.144 e. The minimum atomic E-state index is 0.511. The van der Waals surface area contributed by atoms with Crippen molar-refractivity contribution in [2.75, 3.05) is 5.32 Å². The molecule has 1 aliphatic rings. The molecule has 2 rings (SSSR count). The zero-order chi connectivity index (χ0) is 9.80. The van der Waals surface area contributed by atoms with Gasteiger partial charge in [-0.05, 0) is 25.0 Å². The van der Waals surface area contributed by atoms with Gasteiger partial charge in [0.15, 0.2) is 0 Å². The minimum Gasteiger partial charge on any atom is -0.366 e. The van der Waals surface area contributed by atoms with E-state index in [1.165, 1.54) is 25.7 Å². The quantitative estimate of drug-likeness (QED) is 0.772. The Bertz CT molecular complexity index is 348. The Morgan fingerprint density at radius 1 is 1.43 bits per heavy atom. The monoisotopic (exact) mass is 187 g/mol. The smallest absolute Gasteiger partial charge is 0.144 e. The summed E-state index contributed by atoms with van der Waals surface area (Å²) in [6.07, 6.45) is 6.68. The standard InChI is InChI=1S/C11H13N3/c12-8-9-4-3-7-13-11(9)14-10-5-1-2-6-10/h3-4,7,10H,1-2,5-6H2,(H,13,14). The van der Waals surface area contributed by atoms with Gasteiger partial charge in [-0.15, -0.1) is 0 Å². The lowest BCUT2D eigenvalue weighted by molar-refractivity contribution is 0.750. The highest BCUT2D eigenvalue weighted by atomic mass is 15.0. The SMILES string of the molecule is N#Cc1cccnc1NC1CCCC1.